The summed E-state index contributed by atoms with van der Waals surface area (Å²) in [5.74, 6) is -4.61. The monoisotopic (exact) mass is 661 g/mol. The van der Waals surface area contributed by atoms with E-state index in [-0.39, 0.29) is 32.3 Å². The number of carbonyl (C=O) groups excluding carboxylic acids is 4. The number of rotatable bonds is 7. The van der Waals surface area contributed by atoms with Gasteiger partial charge in [0.2, 0.25) is 18.5 Å². The Morgan fingerprint density at radius 3 is 2.22 bits per heavy atom. The number of halogens is 3. The summed E-state index contributed by atoms with van der Waals surface area (Å²) in [5, 5.41) is 31.9. The number of nitrogens with zero attached hydrogens (tertiary/aromatic N) is 1. The summed E-state index contributed by atoms with van der Waals surface area (Å²) in [7, 11) is 1.91. The van der Waals surface area contributed by atoms with Gasteiger partial charge in [0.1, 0.15) is 11.5 Å². The molecule has 1 aliphatic carbocycles. The van der Waals surface area contributed by atoms with E-state index < -0.39 is 65.7 Å². The van der Waals surface area contributed by atoms with Crippen molar-refractivity contribution in [1.82, 2.24) is 4.90 Å². The highest BCUT2D eigenvalue weighted by Gasteiger charge is 2.69. The quantitative estimate of drug-likeness (QED) is 0.219. The van der Waals surface area contributed by atoms with Crippen LogP contribution in [-0.4, -0.2) is 100 Å². The second-order valence-electron chi connectivity index (χ2n) is 11.0. The van der Waals surface area contributed by atoms with Crippen LogP contribution in [0, 0.1) is 6.92 Å². The molecule has 16 heteroatoms. The van der Waals surface area contributed by atoms with Gasteiger partial charge in [0.15, 0.2) is 6.10 Å². The maximum Gasteiger partial charge on any atom is 0.446 e. The second kappa shape index (κ2) is 14.2. The van der Waals surface area contributed by atoms with Crippen LogP contribution >= 0.6 is 0 Å². The first kappa shape index (κ1) is 38.2. The van der Waals surface area contributed by atoms with E-state index in [1.54, 1.807) is 6.07 Å². The number of alkyl halides is 3. The lowest BCUT2D eigenvalue weighted by Gasteiger charge is -2.58. The summed E-state index contributed by atoms with van der Waals surface area (Å²) >= 11 is 0. The average Bonchev–Trinajstić information content (AvgIpc) is 3.31. The van der Waals surface area contributed by atoms with Crippen molar-refractivity contribution in [3.63, 3.8) is 0 Å². The van der Waals surface area contributed by atoms with Crippen LogP contribution in [0.25, 0.3) is 0 Å². The second-order valence-corrected chi connectivity index (χ2v) is 11.0. The average molecular weight is 662 g/mol. The van der Waals surface area contributed by atoms with E-state index >= 15 is 0 Å². The molecule has 2 aliphatic heterocycles. The first-order valence-corrected chi connectivity index (χ1v) is 13.7. The van der Waals surface area contributed by atoms with Crippen molar-refractivity contribution in [3.05, 3.63) is 40.7 Å². The zero-order chi connectivity index (χ0) is 34.1. The van der Waals surface area contributed by atoms with E-state index in [1.165, 1.54) is 6.08 Å². The SMILES string of the molecule is C.CC(=O)O[C@H](C(=O)O)[C@H](OC(C)=O)C(=O)OC1=CC[C@@]2(O)[C@@H](C)N(C)CC[C@@]23c2c(C)ccc(CO)c2O[C@@H]13.O=CC(F)(F)F. The number of aliphatic hydroxyl groups excluding tert-OH is 1. The Morgan fingerprint density at radius 1 is 1.15 bits per heavy atom. The van der Waals surface area contributed by atoms with Gasteiger partial charge in [-0.15, -0.1) is 0 Å². The lowest BCUT2D eigenvalue weighted by Crippen LogP contribution is -2.71. The highest BCUT2D eigenvalue weighted by Crippen LogP contribution is 2.61. The maximum absolute atomic E-state index is 13.3. The fraction of sp³-hybridized carbons (Fsp3) is 0.567. The lowest BCUT2D eigenvalue weighted by atomic mass is 9.54. The molecular weight excluding hydrogens is 623 g/mol. The molecule has 3 aliphatic rings. The van der Waals surface area contributed by atoms with Gasteiger partial charge >= 0.3 is 30.1 Å². The van der Waals surface area contributed by atoms with Crippen molar-refractivity contribution >= 4 is 30.2 Å². The molecule has 6 atom stereocenters. The van der Waals surface area contributed by atoms with Crippen molar-refractivity contribution < 1.29 is 71.4 Å². The lowest BCUT2D eigenvalue weighted by molar-refractivity contribution is -0.189. The molecule has 0 aromatic heterocycles. The van der Waals surface area contributed by atoms with Crippen molar-refractivity contribution in [2.45, 2.75) is 96.1 Å². The van der Waals surface area contributed by atoms with Crippen LogP contribution in [0.5, 0.6) is 5.75 Å². The number of fused-ring (bicyclic) bond motifs is 1. The minimum Gasteiger partial charge on any atom is -0.481 e. The van der Waals surface area contributed by atoms with Gasteiger partial charge in [0, 0.05) is 37.4 Å². The van der Waals surface area contributed by atoms with Crippen LogP contribution in [0.2, 0.25) is 0 Å². The molecule has 1 spiro atoms. The van der Waals surface area contributed by atoms with E-state index in [1.807, 2.05) is 31.9 Å². The highest BCUT2D eigenvalue weighted by atomic mass is 19.4. The topological polar surface area (TPSA) is 186 Å². The molecule has 0 unspecified atom stereocenters. The van der Waals surface area contributed by atoms with Gasteiger partial charge in [-0.2, -0.15) is 13.2 Å². The summed E-state index contributed by atoms with van der Waals surface area (Å²) < 4.78 is 53.0. The Kier molecular flexibility index (Phi) is 11.8. The number of esters is 3. The molecule has 0 bridgehead atoms. The number of piperidine rings is 1. The normalized spacial score (nSPS) is 26.0. The maximum atomic E-state index is 13.3. The Balaban J connectivity index is 0.000000960. The van der Waals surface area contributed by atoms with Crippen molar-refractivity contribution in [2.24, 2.45) is 0 Å². The minimum absolute atomic E-state index is 0. The summed E-state index contributed by atoms with van der Waals surface area (Å²) in [4.78, 5) is 59.1. The zero-order valence-electron chi connectivity index (χ0n) is 25.0. The third-order valence-electron chi connectivity index (χ3n) is 8.29. The predicted octanol–water partition coefficient (Wildman–Crippen LogP) is 2.10. The number of hydrogen-bond donors (Lipinski definition) is 3. The number of likely N-dealkylation sites (tertiary alicyclic amines) is 1. The van der Waals surface area contributed by atoms with Crippen LogP contribution in [-0.2, 0) is 50.2 Å². The van der Waals surface area contributed by atoms with Gasteiger partial charge < -0.3 is 39.2 Å². The molecule has 13 nitrogen and oxygen atoms in total. The van der Waals surface area contributed by atoms with Crippen LogP contribution in [0.4, 0.5) is 13.2 Å². The molecule has 46 heavy (non-hydrogen) atoms. The van der Waals surface area contributed by atoms with Gasteiger partial charge in [-0.25, -0.2) is 9.59 Å². The molecule has 0 saturated carbocycles. The number of carboxylic acids is 1. The largest absolute Gasteiger partial charge is 0.481 e. The van der Waals surface area contributed by atoms with E-state index in [2.05, 4.69) is 0 Å². The summed E-state index contributed by atoms with van der Waals surface area (Å²) in [5.41, 5.74) is -0.402. The zero-order valence-corrected chi connectivity index (χ0v) is 25.0. The minimum atomic E-state index is -4.64. The highest BCUT2D eigenvalue weighted by molar-refractivity contribution is 5.88. The number of carboxylic acid groups (broad SMARTS) is 1. The van der Waals surface area contributed by atoms with Gasteiger partial charge in [0.05, 0.1) is 17.6 Å². The smallest absolute Gasteiger partial charge is 0.446 e. The molecule has 1 aromatic carbocycles. The fourth-order valence-corrected chi connectivity index (χ4v) is 6.21. The number of aliphatic carboxylic acids is 1. The Labute approximate surface area is 262 Å². The first-order valence-electron chi connectivity index (χ1n) is 13.7. The molecule has 0 amide bonds. The third-order valence-corrected chi connectivity index (χ3v) is 8.29. The number of aliphatic hydroxyl groups is 2. The Morgan fingerprint density at radius 2 is 1.72 bits per heavy atom. The molecule has 1 saturated heterocycles. The molecule has 256 valence electrons. The van der Waals surface area contributed by atoms with E-state index in [0.717, 1.165) is 19.4 Å². The summed E-state index contributed by atoms with van der Waals surface area (Å²) in [6, 6.07) is 3.23. The Hall–Kier alpha value is -4.02. The number of aryl methyl sites for hydroxylation is 1. The van der Waals surface area contributed by atoms with Crippen molar-refractivity contribution in [2.75, 3.05) is 13.6 Å². The predicted molar refractivity (Wildman–Crippen MR) is 151 cm³/mol. The van der Waals surface area contributed by atoms with Crippen molar-refractivity contribution in [3.8, 4) is 5.75 Å². The van der Waals surface area contributed by atoms with Gasteiger partial charge in [-0.1, -0.05) is 19.6 Å². The van der Waals surface area contributed by atoms with E-state index in [9.17, 15) is 47.7 Å². The van der Waals surface area contributed by atoms with Gasteiger partial charge in [0.25, 0.3) is 0 Å². The number of likely N-dealkylation sites (N-methyl/N-ethyl adjacent to an activating group) is 1. The molecule has 0 radical (unpaired) electrons. The number of hydrogen-bond acceptors (Lipinski definition) is 12. The van der Waals surface area contributed by atoms with E-state index in [0.29, 0.717) is 29.8 Å². The number of carbonyl (C=O) groups is 5. The van der Waals surface area contributed by atoms with Crippen LogP contribution in [0.3, 0.4) is 0 Å². The molecule has 1 fully saturated rings. The number of aldehydes is 1. The van der Waals surface area contributed by atoms with Gasteiger partial charge in [-0.05, 0) is 45.5 Å². The van der Waals surface area contributed by atoms with Crippen LogP contribution < -0.4 is 4.74 Å². The van der Waals surface area contributed by atoms with Crippen LogP contribution in [0.1, 0.15) is 57.7 Å². The molecule has 3 N–H and O–H groups in total. The molecular formula is C30H38F3NO12. The summed E-state index contributed by atoms with van der Waals surface area (Å²) in [6.45, 7) is 5.95. The third kappa shape index (κ3) is 7.03. The van der Waals surface area contributed by atoms with Crippen molar-refractivity contribution in [1.29, 1.82) is 0 Å². The molecule has 4 rings (SSSR count). The summed E-state index contributed by atoms with van der Waals surface area (Å²) in [6.07, 6.45) is -8.99. The Bertz CT molecular complexity index is 1400. The fourth-order valence-electron chi connectivity index (χ4n) is 6.21. The van der Waals surface area contributed by atoms with Crippen LogP contribution in [0.15, 0.2) is 24.0 Å². The van der Waals surface area contributed by atoms with E-state index in [4.69, 9.17) is 23.7 Å². The van der Waals surface area contributed by atoms with Gasteiger partial charge in [-0.3, -0.25) is 14.4 Å². The number of benzene rings is 1. The first-order chi connectivity index (χ1) is 20.8. The standard InChI is InChI=1S/C27H33NO11.C2HF3O.CH4/c1-13-6-7-17(12-29)20-19(13)26-10-11-28(5)14(2)27(26,35)9-8-18(23(26)39-20)38-25(34)22(37-16(4)31)21(24(32)33)36-15(3)30;3-2(4,5)1-6;/h6-8,14,21-23,29,35H,9-12H2,1-5H3,(H,32,33);1H;1H4/t14-,21+,22+,23+,26+,27-;;/m1../s1. The number of ether oxygens (including phenoxy) is 4. The molecule has 2 heterocycles. The molecule has 1 aromatic rings.